The summed E-state index contributed by atoms with van der Waals surface area (Å²) in [7, 11) is 0. The van der Waals surface area contributed by atoms with Crippen LogP contribution in [0, 0.1) is 0 Å². The zero-order chi connectivity index (χ0) is 31.3. The summed E-state index contributed by atoms with van der Waals surface area (Å²) < 4.78 is 13.8. The van der Waals surface area contributed by atoms with Crippen LogP contribution >= 0.6 is 11.3 Å². The van der Waals surface area contributed by atoms with Gasteiger partial charge in [0, 0.05) is 42.7 Å². The maximum Gasteiger partial charge on any atom is 0.213 e. The Bertz CT molecular complexity index is 3060. The molecule has 0 radical (unpaired) electrons. The first-order valence-corrected chi connectivity index (χ1v) is 17.1. The lowest BCUT2D eigenvalue weighted by atomic mass is 10.0. The van der Waals surface area contributed by atoms with Crippen LogP contribution in [0.25, 0.3) is 97.5 Å². The molecule has 0 aliphatic rings. The molecule has 0 saturated heterocycles. The summed E-state index contributed by atoms with van der Waals surface area (Å²) in [5, 5.41) is 8.66. The van der Waals surface area contributed by atoms with Crippen LogP contribution in [-0.4, -0.2) is 9.13 Å². The van der Waals surface area contributed by atoms with Gasteiger partial charge >= 0.3 is 0 Å². The molecule has 224 valence electrons. The summed E-state index contributed by atoms with van der Waals surface area (Å²) in [4.78, 5) is 0. The van der Waals surface area contributed by atoms with Crippen molar-refractivity contribution in [3.05, 3.63) is 158 Å². The topological polar surface area (TPSA) is 23.0 Å². The molecule has 4 heterocycles. The van der Waals surface area contributed by atoms with E-state index in [1.54, 1.807) is 0 Å². The van der Waals surface area contributed by atoms with Crippen LogP contribution in [0.3, 0.4) is 0 Å². The van der Waals surface area contributed by atoms with E-state index in [2.05, 4.69) is 155 Å². The average molecular weight is 631 g/mol. The molecule has 0 spiro atoms. The quantitative estimate of drug-likeness (QED) is 0.190. The first kappa shape index (κ1) is 26.0. The van der Waals surface area contributed by atoms with Crippen molar-refractivity contribution in [3.63, 3.8) is 0 Å². The van der Waals surface area contributed by atoms with Crippen molar-refractivity contribution < 1.29 is 4.42 Å². The molecule has 48 heavy (non-hydrogen) atoms. The van der Waals surface area contributed by atoms with Gasteiger partial charge in [-0.15, -0.1) is 11.3 Å². The van der Waals surface area contributed by atoms with Gasteiger partial charge in [-0.2, -0.15) is 0 Å². The number of hydrogen-bond donors (Lipinski definition) is 0. The zero-order valence-electron chi connectivity index (χ0n) is 25.7. The molecule has 11 aromatic rings. The molecule has 7 aromatic carbocycles. The van der Waals surface area contributed by atoms with Gasteiger partial charge in [0.05, 0.1) is 32.3 Å². The third-order valence-corrected chi connectivity index (χ3v) is 11.2. The molecule has 0 aliphatic heterocycles. The molecule has 0 atom stereocenters. The van der Waals surface area contributed by atoms with Gasteiger partial charge in [0.25, 0.3) is 0 Å². The molecular formula is C44H26N2OS. The van der Waals surface area contributed by atoms with E-state index >= 15 is 0 Å². The molecule has 4 heteroatoms. The minimum atomic E-state index is 0.882. The highest BCUT2D eigenvalue weighted by atomic mass is 32.1. The second kappa shape index (κ2) is 9.71. The molecule has 11 rings (SSSR count). The Hall–Kier alpha value is -6.10. The maximum atomic E-state index is 6.47. The van der Waals surface area contributed by atoms with E-state index < -0.39 is 0 Å². The molecule has 0 bridgehead atoms. The van der Waals surface area contributed by atoms with Gasteiger partial charge in [0.15, 0.2) is 0 Å². The third kappa shape index (κ3) is 3.52. The highest BCUT2D eigenvalue weighted by Gasteiger charge is 2.20. The van der Waals surface area contributed by atoms with E-state index in [4.69, 9.17) is 4.42 Å². The van der Waals surface area contributed by atoms with Gasteiger partial charge in [0.1, 0.15) is 5.58 Å². The molecule has 0 amide bonds. The number of aromatic nitrogens is 2. The van der Waals surface area contributed by atoms with E-state index in [1.807, 2.05) is 23.5 Å². The van der Waals surface area contributed by atoms with Gasteiger partial charge in [-0.1, -0.05) is 103 Å². The van der Waals surface area contributed by atoms with Crippen LogP contribution < -0.4 is 0 Å². The smallest absolute Gasteiger partial charge is 0.213 e. The van der Waals surface area contributed by atoms with Crippen LogP contribution in [0.2, 0.25) is 0 Å². The molecule has 3 nitrogen and oxygen atoms in total. The number of nitrogens with zero attached hydrogens (tertiary/aromatic N) is 2. The minimum absolute atomic E-state index is 0.882. The minimum Gasteiger partial charge on any atom is -0.439 e. The number of benzene rings is 7. The summed E-state index contributed by atoms with van der Waals surface area (Å²) in [5.74, 6) is 0. The Labute approximate surface area is 279 Å². The van der Waals surface area contributed by atoms with Gasteiger partial charge in [-0.05, 0) is 65.7 Å². The Morgan fingerprint density at radius 2 is 1.08 bits per heavy atom. The van der Waals surface area contributed by atoms with Crippen LogP contribution in [0.1, 0.15) is 0 Å². The summed E-state index contributed by atoms with van der Waals surface area (Å²) >= 11 is 1.88. The predicted molar refractivity (Wildman–Crippen MR) is 203 cm³/mol. The fraction of sp³-hybridized carbons (Fsp3) is 0. The van der Waals surface area contributed by atoms with Crippen molar-refractivity contribution in [3.8, 4) is 22.5 Å². The van der Waals surface area contributed by atoms with Crippen molar-refractivity contribution in [1.82, 2.24) is 9.13 Å². The predicted octanol–water partition coefficient (Wildman–Crippen LogP) is 12.7. The maximum absolute atomic E-state index is 6.47. The molecule has 0 saturated carbocycles. The lowest BCUT2D eigenvalue weighted by Crippen LogP contribution is -1.94. The Morgan fingerprint density at radius 1 is 0.438 bits per heavy atom. The lowest BCUT2D eigenvalue weighted by Gasteiger charge is -2.10. The van der Waals surface area contributed by atoms with Gasteiger partial charge in [-0.25, -0.2) is 0 Å². The van der Waals surface area contributed by atoms with Crippen molar-refractivity contribution in [2.24, 2.45) is 0 Å². The Balaban J connectivity index is 1.07. The van der Waals surface area contributed by atoms with Gasteiger partial charge < -0.3 is 8.98 Å². The highest BCUT2D eigenvalue weighted by Crippen LogP contribution is 2.42. The van der Waals surface area contributed by atoms with E-state index in [0.717, 1.165) is 27.9 Å². The van der Waals surface area contributed by atoms with Gasteiger partial charge in [0.2, 0.25) is 5.71 Å². The normalized spacial score (nSPS) is 12.2. The number of para-hydroxylation sites is 3. The van der Waals surface area contributed by atoms with E-state index in [0.29, 0.717) is 0 Å². The molecule has 4 aromatic heterocycles. The average Bonchev–Trinajstić information content (AvgIpc) is 3.88. The third-order valence-electron chi connectivity index (χ3n) is 9.95. The SMILES string of the molecule is c1ccc2c(c1)oc1c2c2ccccc2n1-c1ccc(-c2ccc3c(c2)c2ccccc2n3-c2cccc3c2sc2ccccc23)cc1. The van der Waals surface area contributed by atoms with E-state index in [9.17, 15) is 0 Å². The largest absolute Gasteiger partial charge is 0.439 e. The Kier molecular flexibility index (Phi) is 5.26. The van der Waals surface area contributed by atoms with E-state index in [-0.39, 0.29) is 0 Å². The number of rotatable bonds is 3. The highest BCUT2D eigenvalue weighted by molar-refractivity contribution is 7.26. The van der Waals surface area contributed by atoms with Crippen molar-refractivity contribution in [2.45, 2.75) is 0 Å². The number of hydrogen-bond acceptors (Lipinski definition) is 2. The van der Waals surface area contributed by atoms with Crippen molar-refractivity contribution in [1.29, 1.82) is 0 Å². The summed E-state index contributed by atoms with van der Waals surface area (Å²) in [6.45, 7) is 0. The van der Waals surface area contributed by atoms with Crippen LogP contribution in [0.15, 0.2) is 162 Å². The summed E-state index contributed by atoms with van der Waals surface area (Å²) in [5.41, 5.74) is 10.1. The second-order valence-electron chi connectivity index (χ2n) is 12.5. The van der Waals surface area contributed by atoms with E-state index in [1.165, 1.54) is 69.6 Å². The fourth-order valence-corrected chi connectivity index (χ4v) is 9.03. The van der Waals surface area contributed by atoms with Crippen LogP contribution in [0.4, 0.5) is 0 Å². The number of furan rings is 1. The fourth-order valence-electron chi connectivity index (χ4n) is 7.82. The zero-order valence-corrected chi connectivity index (χ0v) is 26.5. The molecule has 0 unspecified atom stereocenters. The standard InChI is InChI=1S/C44H26N2OS/c1-5-15-36-30(10-1)35-26-28(22-25-38(35)46(36)39-17-9-14-32-31-11-4-8-19-41(31)48-43(32)39)27-20-23-29(24-21-27)45-37-16-6-2-12-33(37)42-34-13-3-7-18-40(34)47-44(42)45/h1-26H. The summed E-state index contributed by atoms with van der Waals surface area (Å²) in [6.07, 6.45) is 0. The lowest BCUT2D eigenvalue weighted by molar-refractivity contribution is 0.645. The number of thiophene rings is 1. The number of fused-ring (bicyclic) bond motifs is 11. The molecule has 0 aliphatic carbocycles. The molecule has 0 fully saturated rings. The van der Waals surface area contributed by atoms with Crippen LogP contribution in [-0.2, 0) is 0 Å². The van der Waals surface area contributed by atoms with Crippen LogP contribution in [0.5, 0.6) is 0 Å². The first-order valence-electron chi connectivity index (χ1n) is 16.3. The summed E-state index contributed by atoms with van der Waals surface area (Å²) in [6, 6.07) is 56.9. The first-order chi connectivity index (χ1) is 23.8. The molecule has 0 N–H and O–H groups in total. The van der Waals surface area contributed by atoms with Crippen molar-refractivity contribution in [2.75, 3.05) is 0 Å². The molecular weight excluding hydrogens is 605 g/mol. The van der Waals surface area contributed by atoms with Crippen molar-refractivity contribution >= 4 is 86.3 Å². The Morgan fingerprint density at radius 3 is 1.94 bits per heavy atom. The second-order valence-corrected chi connectivity index (χ2v) is 13.6. The van der Waals surface area contributed by atoms with Gasteiger partial charge in [-0.3, -0.25) is 4.57 Å². The monoisotopic (exact) mass is 630 g/mol.